The summed E-state index contributed by atoms with van der Waals surface area (Å²) < 4.78 is 10.6. The first kappa shape index (κ1) is 13.5. The van der Waals surface area contributed by atoms with Crippen LogP contribution < -0.4 is 5.32 Å². The summed E-state index contributed by atoms with van der Waals surface area (Å²) in [6, 6.07) is 12.4. The van der Waals surface area contributed by atoms with E-state index in [0.717, 1.165) is 5.39 Å². The third kappa shape index (κ3) is 2.68. The van der Waals surface area contributed by atoms with Crippen molar-refractivity contribution in [1.82, 2.24) is 5.32 Å². The fourth-order valence-electron chi connectivity index (χ4n) is 2.11. The molecule has 1 aromatic carbocycles. The molecule has 2 heterocycles. The number of aliphatic hydroxyl groups is 1. The fourth-order valence-corrected chi connectivity index (χ4v) is 2.11. The lowest BCUT2D eigenvalue weighted by molar-refractivity contribution is 0.0326. The van der Waals surface area contributed by atoms with E-state index in [1.54, 1.807) is 31.2 Å². The number of hydrogen-bond acceptors (Lipinski definition) is 4. The number of fused-ring (bicyclic) bond motifs is 1. The highest BCUT2D eigenvalue weighted by atomic mass is 16.4. The van der Waals surface area contributed by atoms with Crippen LogP contribution in [0.15, 0.2) is 57.6 Å². The summed E-state index contributed by atoms with van der Waals surface area (Å²) in [6.45, 7) is 1.60. The Morgan fingerprint density at radius 1 is 1.29 bits per heavy atom. The van der Waals surface area contributed by atoms with Crippen molar-refractivity contribution in [3.8, 4) is 0 Å². The molecule has 1 atom stereocenters. The van der Waals surface area contributed by atoms with Crippen molar-refractivity contribution in [2.45, 2.75) is 12.5 Å². The second kappa shape index (κ2) is 5.10. The Labute approximate surface area is 121 Å². The van der Waals surface area contributed by atoms with Crippen LogP contribution in [-0.2, 0) is 5.60 Å². The van der Waals surface area contributed by atoms with E-state index < -0.39 is 5.60 Å². The molecule has 5 nitrogen and oxygen atoms in total. The zero-order valence-corrected chi connectivity index (χ0v) is 11.5. The Morgan fingerprint density at radius 2 is 2.10 bits per heavy atom. The van der Waals surface area contributed by atoms with Crippen molar-refractivity contribution < 1.29 is 18.7 Å². The molecule has 0 fully saturated rings. The highest BCUT2D eigenvalue weighted by Gasteiger charge is 2.27. The molecular weight excluding hydrogens is 270 g/mol. The maximum Gasteiger partial charge on any atom is 0.287 e. The molecule has 0 saturated carbocycles. The lowest BCUT2D eigenvalue weighted by Gasteiger charge is -2.20. The van der Waals surface area contributed by atoms with Gasteiger partial charge in [0.25, 0.3) is 5.91 Å². The third-order valence-corrected chi connectivity index (χ3v) is 3.29. The second-order valence-electron chi connectivity index (χ2n) is 5.08. The third-order valence-electron chi connectivity index (χ3n) is 3.29. The molecule has 3 rings (SSSR count). The van der Waals surface area contributed by atoms with E-state index >= 15 is 0 Å². The van der Waals surface area contributed by atoms with Crippen molar-refractivity contribution >= 4 is 16.9 Å². The molecule has 0 bridgehead atoms. The molecule has 2 aromatic heterocycles. The summed E-state index contributed by atoms with van der Waals surface area (Å²) in [6.07, 6.45) is 1.48. The molecule has 0 aliphatic heterocycles. The summed E-state index contributed by atoms with van der Waals surface area (Å²) in [7, 11) is 0. The number of nitrogens with one attached hydrogen (secondary N) is 1. The van der Waals surface area contributed by atoms with Gasteiger partial charge in [0, 0.05) is 5.39 Å². The molecule has 2 N–H and O–H groups in total. The van der Waals surface area contributed by atoms with E-state index in [1.165, 1.54) is 6.26 Å². The lowest BCUT2D eigenvalue weighted by Crippen LogP contribution is -2.38. The number of para-hydroxylation sites is 1. The van der Waals surface area contributed by atoms with Crippen LogP contribution >= 0.6 is 0 Å². The first-order valence-corrected chi connectivity index (χ1v) is 6.59. The van der Waals surface area contributed by atoms with Crippen molar-refractivity contribution in [2.75, 3.05) is 6.54 Å². The number of rotatable bonds is 4. The van der Waals surface area contributed by atoms with Crippen LogP contribution in [0.2, 0.25) is 0 Å². The van der Waals surface area contributed by atoms with E-state index in [4.69, 9.17) is 8.83 Å². The van der Waals surface area contributed by atoms with Gasteiger partial charge >= 0.3 is 0 Å². The summed E-state index contributed by atoms with van der Waals surface area (Å²) in [5.74, 6) is 0.233. The first-order chi connectivity index (χ1) is 10.1. The van der Waals surface area contributed by atoms with Crippen LogP contribution in [0.3, 0.4) is 0 Å². The summed E-state index contributed by atoms with van der Waals surface area (Å²) >= 11 is 0. The Hall–Kier alpha value is -2.53. The smallest absolute Gasteiger partial charge is 0.287 e. The lowest BCUT2D eigenvalue weighted by atomic mass is 10.0. The number of amides is 1. The van der Waals surface area contributed by atoms with Gasteiger partial charge in [-0.3, -0.25) is 4.79 Å². The van der Waals surface area contributed by atoms with E-state index in [1.807, 2.05) is 18.2 Å². The van der Waals surface area contributed by atoms with E-state index in [2.05, 4.69) is 5.32 Å². The molecular formula is C16H15NO4. The predicted molar refractivity (Wildman–Crippen MR) is 76.8 cm³/mol. The molecule has 0 radical (unpaired) electrons. The Morgan fingerprint density at radius 3 is 2.81 bits per heavy atom. The average Bonchev–Trinajstić information content (AvgIpc) is 3.13. The molecule has 1 unspecified atom stereocenters. The van der Waals surface area contributed by atoms with Crippen molar-refractivity contribution in [3.63, 3.8) is 0 Å². The minimum Gasteiger partial charge on any atom is -0.466 e. The fraction of sp³-hybridized carbons (Fsp3) is 0.188. The molecule has 0 spiro atoms. The van der Waals surface area contributed by atoms with Gasteiger partial charge in [0.05, 0.1) is 12.8 Å². The molecule has 1 amide bonds. The first-order valence-electron chi connectivity index (χ1n) is 6.59. The van der Waals surface area contributed by atoms with Gasteiger partial charge in [0.1, 0.15) is 16.9 Å². The molecule has 0 aliphatic carbocycles. The van der Waals surface area contributed by atoms with Gasteiger partial charge in [-0.25, -0.2) is 0 Å². The minimum absolute atomic E-state index is 0.0242. The monoisotopic (exact) mass is 285 g/mol. The molecule has 3 aromatic rings. The quantitative estimate of drug-likeness (QED) is 0.772. The van der Waals surface area contributed by atoms with Crippen LogP contribution in [0, 0.1) is 0 Å². The molecule has 108 valence electrons. The van der Waals surface area contributed by atoms with Crippen molar-refractivity contribution in [3.05, 3.63) is 60.2 Å². The standard InChI is InChI=1S/C16H15NO4/c1-16(19,14-7-4-8-20-14)10-17-15(18)13-9-11-5-2-3-6-12(11)21-13/h2-9,19H,10H2,1H3,(H,17,18). The Kier molecular flexibility index (Phi) is 3.27. The zero-order chi connectivity index (χ0) is 14.9. The second-order valence-corrected chi connectivity index (χ2v) is 5.08. The van der Waals surface area contributed by atoms with Crippen LogP contribution in [0.4, 0.5) is 0 Å². The predicted octanol–water partition coefficient (Wildman–Crippen LogP) is 2.66. The van der Waals surface area contributed by atoms with E-state index in [0.29, 0.717) is 11.3 Å². The van der Waals surface area contributed by atoms with Crippen LogP contribution in [0.5, 0.6) is 0 Å². The van der Waals surface area contributed by atoms with Gasteiger partial charge in [-0.05, 0) is 31.2 Å². The summed E-state index contributed by atoms with van der Waals surface area (Å²) in [4.78, 5) is 12.1. The maximum absolute atomic E-state index is 12.1. The summed E-state index contributed by atoms with van der Waals surface area (Å²) in [5.41, 5.74) is -0.619. The van der Waals surface area contributed by atoms with Crippen molar-refractivity contribution in [2.24, 2.45) is 0 Å². The van der Waals surface area contributed by atoms with Gasteiger partial charge in [-0.1, -0.05) is 18.2 Å². The van der Waals surface area contributed by atoms with E-state index in [9.17, 15) is 9.90 Å². The minimum atomic E-state index is -1.27. The van der Waals surface area contributed by atoms with Crippen LogP contribution in [0.1, 0.15) is 23.2 Å². The van der Waals surface area contributed by atoms with Gasteiger partial charge in [0.15, 0.2) is 5.76 Å². The zero-order valence-electron chi connectivity index (χ0n) is 11.5. The number of hydrogen-bond donors (Lipinski definition) is 2. The molecule has 21 heavy (non-hydrogen) atoms. The number of benzene rings is 1. The van der Waals surface area contributed by atoms with Gasteiger partial charge in [-0.2, -0.15) is 0 Å². The molecule has 0 saturated heterocycles. The van der Waals surface area contributed by atoms with Crippen LogP contribution in [0.25, 0.3) is 11.0 Å². The highest BCUT2D eigenvalue weighted by molar-refractivity contribution is 5.96. The van der Waals surface area contributed by atoms with Crippen LogP contribution in [-0.4, -0.2) is 17.6 Å². The van der Waals surface area contributed by atoms with E-state index in [-0.39, 0.29) is 18.2 Å². The largest absolute Gasteiger partial charge is 0.466 e. The Bertz CT molecular complexity index is 723. The molecule has 5 heteroatoms. The van der Waals surface area contributed by atoms with Gasteiger partial charge < -0.3 is 19.3 Å². The number of carbonyl (C=O) groups is 1. The highest BCUT2D eigenvalue weighted by Crippen LogP contribution is 2.21. The number of carbonyl (C=O) groups excluding carboxylic acids is 1. The number of furan rings is 2. The average molecular weight is 285 g/mol. The normalized spacial score (nSPS) is 14.0. The molecule has 0 aliphatic rings. The van der Waals surface area contributed by atoms with Gasteiger partial charge in [-0.15, -0.1) is 0 Å². The summed E-state index contributed by atoms with van der Waals surface area (Å²) in [5, 5.41) is 13.8. The van der Waals surface area contributed by atoms with Gasteiger partial charge in [0.2, 0.25) is 0 Å². The Balaban J connectivity index is 1.72. The maximum atomic E-state index is 12.1. The topological polar surface area (TPSA) is 75.6 Å². The van der Waals surface area contributed by atoms with Crippen molar-refractivity contribution in [1.29, 1.82) is 0 Å². The SMILES string of the molecule is CC(O)(CNC(=O)c1cc2ccccc2o1)c1ccco1.